The van der Waals surface area contributed by atoms with Crippen molar-refractivity contribution in [1.82, 2.24) is 15.1 Å². The summed E-state index contributed by atoms with van der Waals surface area (Å²) < 4.78 is 1.84. The van der Waals surface area contributed by atoms with Crippen LogP contribution < -0.4 is 5.32 Å². The van der Waals surface area contributed by atoms with Crippen molar-refractivity contribution in [3.63, 3.8) is 0 Å². The van der Waals surface area contributed by atoms with Crippen molar-refractivity contribution in [2.24, 2.45) is 7.05 Å². The Kier molecular flexibility index (Phi) is 4.91. The molecular weight excluding hydrogens is 278 g/mol. The summed E-state index contributed by atoms with van der Waals surface area (Å²) in [6.07, 6.45) is 1.69. The van der Waals surface area contributed by atoms with Crippen molar-refractivity contribution >= 4 is 23.4 Å². The number of benzene rings is 1. The average molecular weight is 296 g/mol. The lowest BCUT2D eigenvalue weighted by Gasteiger charge is -2.17. The van der Waals surface area contributed by atoms with E-state index in [-0.39, 0.29) is 6.04 Å². The summed E-state index contributed by atoms with van der Waals surface area (Å²) in [4.78, 5) is 1.31. The topological polar surface area (TPSA) is 29.9 Å². The van der Waals surface area contributed by atoms with Crippen molar-refractivity contribution in [3.8, 4) is 0 Å². The van der Waals surface area contributed by atoms with E-state index in [2.05, 4.69) is 41.6 Å². The van der Waals surface area contributed by atoms with Crippen molar-refractivity contribution in [3.05, 3.63) is 46.7 Å². The lowest BCUT2D eigenvalue weighted by Crippen LogP contribution is -2.22. The van der Waals surface area contributed by atoms with Crippen LogP contribution in [0, 0.1) is 6.92 Å². The van der Waals surface area contributed by atoms with Gasteiger partial charge in [-0.2, -0.15) is 5.10 Å². The van der Waals surface area contributed by atoms with Gasteiger partial charge in [-0.3, -0.25) is 4.68 Å². The highest BCUT2D eigenvalue weighted by Gasteiger charge is 2.17. The first-order valence-electron chi connectivity index (χ1n) is 6.16. The predicted molar refractivity (Wildman–Crippen MR) is 81.9 cm³/mol. The van der Waals surface area contributed by atoms with Gasteiger partial charge in [-0.05, 0) is 25.6 Å². The number of nitrogens with zero attached hydrogens (tertiary/aromatic N) is 2. The number of hydrogen-bond donors (Lipinski definition) is 1. The lowest BCUT2D eigenvalue weighted by molar-refractivity contribution is 0.586. The largest absolute Gasteiger partial charge is 0.311 e. The number of thioether (sulfide) groups is 1. The van der Waals surface area contributed by atoms with E-state index in [1.165, 1.54) is 10.5 Å². The molecule has 0 bridgehead atoms. The summed E-state index contributed by atoms with van der Waals surface area (Å²) in [5.74, 6) is 0.917. The molecule has 0 saturated heterocycles. The molecule has 19 heavy (non-hydrogen) atoms. The summed E-state index contributed by atoms with van der Waals surface area (Å²) in [5.41, 5.74) is 2.34. The zero-order valence-electron chi connectivity index (χ0n) is 11.4. The highest BCUT2D eigenvalue weighted by molar-refractivity contribution is 7.99. The Balaban J connectivity index is 2.11. The van der Waals surface area contributed by atoms with E-state index < -0.39 is 0 Å². The highest BCUT2D eigenvalue weighted by Crippen LogP contribution is 2.29. The molecule has 1 atom stereocenters. The SMILES string of the molecule is CNC(CSc1ccccc1C)c1c(Cl)cnn1C. The molecule has 1 heterocycles. The molecule has 0 radical (unpaired) electrons. The van der Waals surface area contributed by atoms with Crippen molar-refractivity contribution in [2.45, 2.75) is 17.9 Å². The van der Waals surface area contributed by atoms with Gasteiger partial charge in [0.2, 0.25) is 0 Å². The number of aryl methyl sites for hydroxylation is 2. The molecule has 0 amide bonds. The summed E-state index contributed by atoms with van der Waals surface area (Å²) in [7, 11) is 3.87. The van der Waals surface area contributed by atoms with Gasteiger partial charge < -0.3 is 5.32 Å². The van der Waals surface area contributed by atoms with Crippen molar-refractivity contribution in [1.29, 1.82) is 0 Å². The molecule has 0 aliphatic heterocycles. The van der Waals surface area contributed by atoms with E-state index in [1.54, 1.807) is 6.20 Å². The summed E-state index contributed by atoms with van der Waals surface area (Å²) in [6, 6.07) is 8.60. The Labute approximate surface area is 123 Å². The molecule has 1 aromatic heterocycles. The Morgan fingerprint density at radius 1 is 1.42 bits per heavy atom. The molecule has 102 valence electrons. The Bertz CT molecular complexity index is 534. The number of aromatic nitrogens is 2. The maximum Gasteiger partial charge on any atom is 0.0834 e. The van der Waals surface area contributed by atoms with Gasteiger partial charge in [0.1, 0.15) is 0 Å². The van der Waals surface area contributed by atoms with Crippen molar-refractivity contribution < 1.29 is 0 Å². The molecule has 2 aromatic rings. The van der Waals surface area contributed by atoms with Crippen LogP contribution in [-0.4, -0.2) is 22.6 Å². The van der Waals surface area contributed by atoms with E-state index in [4.69, 9.17) is 11.6 Å². The molecule has 0 saturated carbocycles. The van der Waals surface area contributed by atoms with E-state index >= 15 is 0 Å². The van der Waals surface area contributed by atoms with E-state index in [0.717, 1.165) is 11.4 Å². The fourth-order valence-corrected chi connectivity index (χ4v) is 3.44. The Morgan fingerprint density at radius 3 is 2.74 bits per heavy atom. The molecular formula is C14H18ClN3S. The molecule has 5 heteroatoms. The van der Waals surface area contributed by atoms with Crippen LogP contribution in [0.4, 0.5) is 0 Å². The Morgan fingerprint density at radius 2 is 2.16 bits per heavy atom. The van der Waals surface area contributed by atoms with Gasteiger partial charge in [-0.25, -0.2) is 0 Å². The van der Waals surface area contributed by atoms with Gasteiger partial charge in [0.25, 0.3) is 0 Å². The third kappa shape index (κ3) is 3.32. The van der Waals surface area contributed by atoms with E-state index in [1.807, 2.05) is 30.5 Å². The second kappa shape index (κ2) is 6.46. The molecule has 2 rings (SSSR count). The number of rotatable bonds is 5. The van der Waals surface area contributed by atoms with Crippen LogP contribution in [0.2, 0.25) is 5.02 Å². The van der Waals surface area contributed by atoms with E-state index in [0.29, 0.717) is 5.02 Å². The predicted octanol–water partition coefficient (Wildman–Crippen LogP) is 3.43. The first kappa shape index (κ1) is 14.4. The molecule has 0 aliphatic carbocycles. The average Bonchev–Trinajstić information content (AvgIpc) is 2.73. The van der Waals surface area contributed by atoms with Crippen molar-refractivity contribution in [2.75, 3.05) is 12.8 Å². The maximum absolute atomic E-state index is 6.20. The number of nitrogens with one attached hydrogen (secondary N) is 1. The van der Waals surface area contributed by atoms with Crippen LogP contribution in [0.5, 0.6) is 0 Å². The fourth-order valence-electron chi connectivity index (χ4n) is 2.00. The van der Waals surface area contributed by atoms with Gasteiger partial charge in [-0.15, -0.1) is 11.8 Å². The van der Waals surface area contributed by atoms with Gasteiger partial charge in [-0.1, -0.05) is 29.8 Å². The fraction of sp³-hybridized carbons (Fsp3) is 0.357. The normalized spacial score (nSPS) is 12.6. The zero-order valence-corrected chi connectivity index (χ0v) is 12.9. The molecule has 1 unspecified atom stereocenters. The minimum atomic E-state index is 0.185. The third-order valence-electron chi connectivity index (χ3n) is 3.12. The summed E-state index contributed by atoms with van der Waals surface area (Å²) in [5, 5.41) is 8.22. The molecule has 1 N–H and O–H groups in total. The second-order valence-electron chi connectivity index (χ2n) is 4.42. The van der Waals surface area contributed by atoms with Crippen LogP contribution in [-0.2, 0) is 7.05 Å². The summed E-state index contributed by atoms with van der Waals surface area (Å²) >= 11 is 8.03. The number of hydrogen-bond acceptors (Lipinski definition) is 3. The maximum atomic E-state index is 6.20. The van der Waals surface area contributed by atoms with Crippen LogP contribution in [0.25, 0.3) is 0 Å². The molecule has 0 fully saturated rings. The van der Waals surface area contributed by atoms with Gasteiger partial charge >= 0.3 is 0 Å². The minimum Gasteiger partial charge on any atom is -0.311 e. The first-order chi connectivity index (χ1) is 9.13. The molecule has 0 aliphatic rings. The molecule has 0 spiro atoms. The Hall–Kier alpha value is -0.970. The van der Waals surface area contributed by atoms with Gasteiger partial charge in [0, 0.05) is 17.7 Å². The van der Waals surface area contributed by atoms with Gasteiger partial charge in [0.15, 0.2) is 0 Å². The standard InChI is InChI=1S/C14H18ClN3S/c1-10-6-4-5-7-13(10)19-9-12(16-2)14-11(15)8-17-18(14)3/h4-8,12,16H,9H2,1-3H3. The van der Waals surface area contributed by atoms with Crippen LogP contribution >= 0.6 is 23.4 Å². The smallest absolute Gasteiger partial charge is 0.0834 e. The monoisotopic (exact) mass is 295 g/mol. The van der Waals surface area contributed by atoms with E-state index in [9.17, 15) is 0 Å². The first-order valence-corrected chi connectivity index (χ1v) is 7.53. The van der Waals surface area contributed by atoms with Gasteiger partial charge in [0.05, 0.1) is 23.0 Å². The third-order valence-corrected chi connectivity index (χ3v) is 4.68. The molecule has 3 nitrogen and oxygen atoms in total. The zero-order chi connectivity index (χ0) is 13.8. The minimum absolute atomic E-state index is 0.185. The van der Waals surface area contributed by atoms with Crippen LogP contribution in [0.3, 0.4) is 0 Å². The lowest BCUT2D eigenvalue weighted by atomic mass is 10.2. The summed E-state index contributed by atoms with van der Waals surface area (Å²) in [6.45, 7) is 2.13. The number of halogens is 1. The molecule has 1 aromatic carbocycles. The highest BCUT2D eigenvalue weighted by atomic mass is 35.5. The quantitative estimate of drug-likeness (QED) is 0.857. The van der Waals surface area contributed by atoms with Crippen LogP contribution in [0.1, 0.15) is 17.3 Å². The second-order valence-corrected chi connectivity index (χ2v) is 5.89. The van der Waals surface area contributed by atoms with Crippen LogP contribution in [0.15, 0.2) is 35.4 Å².